The summed E-state index contributed by atoms with van der Waals surface area (Å²) >= 11 is 0. The summed E-state index contributed by atoms with van der Waals surface area (Å²) in [5, 5.41) is 6.43. The van der Waals surface area contributed by atoms with Crippen LogP contribution in [0.3, 0.4) is 0 Å². The zero-order valence-corrected chi connectivity index (χ0v) is 16.6. The molecule has 2 aromatic rings. The smallest absolute Gasteiger partial charge is 0.229 e. The van der Waals surface area contributed by atoms with Gasteiger partial charge < -0.3 is 20.1 Å². The highest BCUT2D eigenvalue weighted by molar-refractivity contribution is 5.93. The zero-order valence-electron chi connectivity index (χ0n) is 15.8. The van der Waals surface area contributed by atoms with Crippen LogP contribution in [0.15, 0.2) is 54.6 Å². The minimum absolute atomic E-state index is 0. The molecule has 2 aliphatic heterocycles. The predicted octanol–water partition coefficient (Wildman–Crippen LogP) is 3.61. The van der Waals surface area contributed by atoms with Gasteiger partial charge in [-0.2, -0.15) is 0 Å². The van der Waals surface area contributed by atoms with Crippen molar-refractivity contribution in [3.8, 4) is 5.75 Å². The van der Waals surface area contributed by atoms with Crippen LogP contribution in [0.1, 0.15) is 24.3 Å². The molecule has 28 heavy (non-hydrogen) atoms. The molecule has 2 fully saturated rings. The molecule has 2 aromatic carbocycles. The van der Waals surface area contributed by atoms with Crippen molar-refractivity contribution in [2.24, 2.45) is 5.92 Å². The molecule has 2 aliphatic rings. The van der Waals surface area contributed by atoms with Crippen LogP contribution in [-0.2, 0) is 9.53 Å². The summed E-state index contributed by atoms with van der Waals surface area (Å²) in [6.45, 7) is 3.02. The monoisotopic (exact) mass is 402 g/mol. The number of carbonyl (C=O) groups excluding carboxylic acids is 1. The van der Waals surface area contributed by atoms with Crippen molar-refractivity contribution >= 4 is 24.0 Å². The molecule has 150 valence electrons. The summed E-state index contributed by atoms with van der Waals surface area (Å²) in [6, 6.07) is 17.9. The molecule has 2 N–H and O–H groups in total. The van der Waals surface area contributed by atoms with Gasteiger partial charge in [0.2, 0.25) is 5.91 Å². The van der Waals surface area contributed by atoms with Crippen LogP contribution in [0.5, 0.6) is 5.75 Å². The first-order valence-electron chi connectivity index (χ1n) is 9.70. The van der Waals surface area contributed by atoms with Crippen LogP contribution in [0.25, 0.3) is 0 Å². The fourth-order valence-corrected chi connectivity index (χ4v) is 3.87. The van der Waals surface area contributed by atoms with E-state index < -0.39 is 0 Å². The molecule has 2 saturated heterocycles. The number of anilines is 1. The quantitative estimate of drug-likeness (QED) is 0.802. The van der Waals surface area contributed by atoms with E-state index in [0.29, 0.717) is 6.54 Å². The molecular formula is C22H27ClN2O3. The number of nitrogens with one attached hydrogen (secondary N) is 2. The van der Waals surface area contributed by atoms with Crippen LogP contribution in [-0.4, -0.2) is 38.3 Å². The topological polar surface area (TPSA) is 59.6 Å². The molecular weight excluding hydrogens is 376 g/mol. The highest BCUT2D eigenvalue weighted by Crippen LogP contribution is 2.29. The molecule has 2 heterocycles. The van der Waals surface area contributed by atoms with Gasteiger partial charge in [-0.25, -0.2) is 0 Å². The maximum Gasteiger partial charge on any atom is 0.229 e. The van der Waals surface area contributed by atoms with Crippen molar-refractivity contribution in [2.45, 2.75) is 24.9 Å². The van der Waals surface area contributed by atoms with Crippen LogP contribution >= 0.6 is 12.4 Å². The van der Waals surface area contributed by atoms with Crippen molar-refractivity contribution in [3.63, 3.8) is 0 Å². The van der Waals surface area contributed by atoms with E-state index >= 15 is 0 Å². The molecule has 0 saturated carbocycles. The largest absolute Gasteiger partial charge is 0.490 e. The number of halogens is 1. The normalized spacial score (nSPS) is 22.3. The maximum atomic E-state index is 12.9. The number of amides is 1. The van der Waals surface area contributed by atoms with Crippen molar-refractivity contribution in [1.82, 2.24) is 5.32 Å². The zero-order chi connectivity index (χ0) is 18.5. The summed E-state index contributed by atoms with van der Waals surface area (Å²) in [4.78, 5) is 12.9. The first-order valence-corrected chi connectivity index (χ1v) is 9.70. The van der Waals surface area contributed by atoms with E-state index in [0.717, 1.165) is 44.0 Å². The summed E-state index contributed by atoms with van der Waals surface area (Å²) in [6.07, 6.45) is 2.00. The molecule has 0 spiro atoms. The van der Waals surface area contributed by atoms with Gasteiger partial charge in [0.05, 0.1) is 19.1 Å². The van der Waals surface area contributed by atoms with Gasteiger partial charge in [-0.3, -0.25) is 4.79 Å². The minimum atomic E-state index is -0.0764. The van der Waals surface area contributed by atoms with Gasteiger partial charge in [0, 0.05) is 43.6 Å². The van der Waals surface area contributed by atoms with E-state index in [1.807, 2.05) is 42.5 Å². The second kappa shape index (κ2) is 9.92. The highest BCUT2D eigenvalue weighted by atomic mass is 35.5. The Labute approximate surface area is 172 Å². The lowest BCUT2D eigenvalue weighted by Crippen LogP contribution is -2.28. The fraction of sp³-hybridized carbons (Fsp3) is 0.409. The molecule has 6 heteroatoms. The predicted molar refractivity (Wildman–Crippen MR) is 112 cm³/mol. The molecule has 0 unspecified atom stereocenters. The first kappa shape index (κ1) is 20.6. The Kier molecular flexibility index (Phi) is 7.31. The minimum Gasteiger partial charge on any atom is -0.490 e. The third kappa shape index (κ3) is 5.04. The lowest BCUT2D eigenvalue weighted by molar-refractivity contribution is -0.119. The highest BCUT2D eigenvalue weighted by Gasteiger charge is 2.33. The van der Waals surface area contributed by atoms with E-state index in [-0.39, 0.29) is 36.3 Å². The van der Waals surface area contributed by atoms with Crippen molar-refractivity contribution in [3.05, 3.63) is 60.2 Å². The van der Waals surface area contributed by atoms with E-state index in [1.54, 1.807) is 0 Å². The van der Waals surface area contributed by atoms with E-state index in [9.17, 15) is 4.79 Å². The Balaban J connectivity index is 0.00000225. The Morgan fingerprint density at radius 1 is 1.04 bits per heavy atom. The molecule has 5 nitrogen and oxygen atoms in total. The van der Waals surface area contributed by atoms with Gasteiger partial charge >= 0.3 is 0 Å². The summed E-state index contributed by atoms with van der Waals surface area (Å²) in [5.41, 5.74) is 1.99. The van der Waals surface area contributed by atoms with Gasteiger partial charge in [-0.05, 0) is 17.7 Å². The number of benzene rings is 2. The van der Waals surface area contributed by atoms with Gasteiger partial charge in [0.15, 0.2) is 0 Å². The summed E-state index contributed by atoms with van der Waals surface area (Å²) < 4.78 is 11.4. The van der Waals surface area contributed by atoms with Crippen molar-refractivity contribution in [1.29, 1.82) is 0 Å². The molecule has 0 radical (unpaired) electrons. The SMILES string of the molecule is Cl.O=C(Nc1cccc(OC2CCOCC2)c1)[C@@H]1CNC[C@H]1c1ccccc1. The average Bonchev–Trinajstić information content (AvgIpc) is 3.20. The van der Waals surface area contributed by atoms with Crippen LogP contribution in [0, 0.1) is 5.92 Å². The molecule has 2 atom stereocenters. The standard InChI is InChI=1S/C22H26N2O3.ClH/c25-22(21-15-23-14-20(21)16-5-2-1-3-6-16)24-17-7-4-8-19(13-17)27-18-9-11-26-12-10-18;/h1-8,13,18,20-21,23H,9-12,14-15H2,(H,24,25);1H/t20-,21+;/m0./s1. The van der Waals surface area contributed by atoms with E-state index in [4.69, 9.17) is 9.47 Å². The molecule has 4 rings (SSSR count). The van der Waals surface area contributed by atoms with Crippen LogP contribution < -0.4 is 15.4 Å². The number of carbonyl (C=O) groups is 1. The first-order chi connectivity index (χ1) is 13.3. The van der Waals surface area contributed by atoms with E-state index in [1.165, 1.54) is 5.56 Å². The number of rotatable bonds is 5. The molecule has 0 bridgehead atoms. The van der Waals surface area contributed by atoms with Crippen molar-refractivity contribution < 1.29 is 14.3 Å². The molecule has 0 aliphatic carbocycles. The fourth-order valence-electron chi connectivity index (χ4n) is 3.87. The van der Waals surface area contributed by atoms with Gasteiger partial charge in [-0.1, -0.05) is 36.4 Å². The second-order valence-electron chi connectivity index (χ2n) is 7.23. The number of ether oxygens (including phenoxy) is 2. The second-order valence-corrected chi connectivity index (χ2v) is 7.23. The van der Waals surface area contributed by atoms with Crippen molar-refractivity contribution in [2.75, 3.05) is 31.6 Å². The van der Waals surface area contributed by atoms with E-state index in [2.05, 4.69) is 22.8 Å². The van der Waals surface area contributed by atoms with Gasteiger partial charge in [0.1, 0.15) is 11.9 Å². The maximum absolute atomic E-state index is 12.9. The summed E-state index contributed by atoms with van der Waals surface area (Å²) in [5.74, 6) is 0.973. The molecule has 1 amide bonds. The Morgan fingerprint density at radius 2 is 1.82 bits per heavy atom. The number of hydrogen-bond acceptors (Lipinski definition) is 4. The summed E-state index contributed by atoms with van der Waals surface area (Å²) in [7, 11) is 0. The lowest BCUT2D eigenvalue weighted by atomic mass is 9.88. The third-order valence-corrected chi connectivity index (χ3v) is 5.35. The lowest BCUT2D eigenvalue weighted by Gasteiger charge is -2.23. The Morgan fingerprint density at radius 3 is 2.61 bits per heavy atom. The van der Waals surface area contributed by atoms with Gasteiger partial charge in [0.25, 0.3) is 0 Å². The Hall–Kier alpha value is -2.08. The molecule has 0 aromatic heterocycles. The van der Waals surface area contributed by atoms with Gasteiger partial charge in [-0.15, -0.1) is 12.4 Å². The van der Waals surface area contributed by atoms with Crippen LogP contribution in [0.4, 0.5) is 5.69 Å². The number of hydrogen-bond donors (Lipinski definition) is 2. The van der Waals surface area contributed by atoms with Crippen LogP contribution in [0.2, 0.25) is 0 Å². The Bertz CT molecular complexity index is 765. The average molecular weight is 403 g/mol. The third-order valence-electron chi connectivity index (χ3n) is 5.35.